The van der Waals surface area contributed by atoms with Gasteiger partial charge >= 0.3 is 6.18 Å². The Morgan fingerprint density at radius 3 is 2.11 bits per heavy atom. The van der Waals surface area contributed by atoms with Crippen molar-refractivity contribution in [3.8, 4) is 0 Å². The Balaban J connectivity index is 2.55. The third kappa shape index (κ3) is 3.83. The fourth-order valence-corrected chi connectivity index (χ4v) is 2.48. The summed E-state index contributed by atoms with van der Waals surface area (Å²) in [6.07, 6.45) is -3.89. The van der Waals surface area contributed by atoms with E-state index in [1.165, 1.54) is 0 Å². The van der Waals surface area contributed by atoms with Crippen molar-refractivity contribution in [2.45, 2.75) is 44.9 Å². The minimum absolute atomic E-state index is 0.101. The molecule has 1 aliphatic heterocycles. The molecule has 0 amide bonds. The van der Waals surface area contributed by atoms with Crippen LogP contribution in [0.2, 0.25) is 0 Å². The smallest absolute Gasteiger partial charge is 0.391 e. The van der Waals surface area contributed by atoms with Crippen molar-refractivity contribution in [2.24, 2.45) is 17.6 Å². The first-order valence-electron chi connectivity index (χ1n) is 6.44. The van der Waals surface area contributed by atoms with Crippen molar-refractivity contribution in [3.05, 3.63) is 0 Å². The summed E-state index contributed by atoms with van der Waals surface area (Å²) >= 11 is 0. The fraction of sp³-hybridized carbons (Fsp3) is 1.00. The van der Waals surface area contributed by atoms with Gasteiger partial charge in [0.25, 0.3) is 0 Å². The van der Waals surface area contributed by atoms with Gasteiger partial charge in [-0.15, -0.1) is 0 Å². The zero-order valence-electron chi connectivity index (χ0n) is 11.0. The molecule has 0 saturated carbocycles. The standard InChI is InChI=1S/C12H23F3N2O/c1-8(2)11(16)10(7-18)17-5-3-9(4-6-17)12(13,14)15/h8-11,18H,3-7,16H2,1-2H3. The quantitative estimate of drug-likeness (QED) is 0.814. The van der Waals surface area contributed by atoms with Crippen LogP contribution in [0.5, 0.6) is 0 Å². The molecule has 3 N–H and O–H groups in total. The third-order valence-corrected chi connectivity index (χ3v) is 3.86. The van der Waals surface area contributed by atoms with E-state index in [0.29, 0.717) is 13.1 Å². The van der Waals surface area contributed by atoms with Gasteiger partial charge in [0.15, 0.2) is 0 Å². The van der Waals surface area contributed by atoms with Gasteiger partial charge in [0.1, 0.15) is 0 Å². The van der Waals surface area contributed by atoms with Gasteiger partial charge in [0.05, 0.1) is 12.5 Å². The number of alkyl halides is 3. The zero-order chi connectivity index (χ0) is 13.9. The van der Waals surface area contributed by atoms with E-state index in [-0.39, 0.29) is 37.5 Å². The van der Waals surface area contributed by atoms with Gasteiger partial charge in [-0.2, -0.15) is 13.2 Å². The number of aliphatic hydroxyl groups is 1. The number of hydrogen-bond acceptors (Lipinski definition) is 3. The predicted molar refractivity (Wildman–Crippen MR) is 64.0 cm³/mol. The molecule has 108 valence electrons. The molecule has 6 heteroatoms. The molecule has 1 fully saturated rings. The molecule has 1 rings (SSSR count). The predicted octanol–water partition coefficient (Wildman–Crippen LogP) is 1.60. The minimum Gasteiger partial charge on any atom is -0.395 e. The second-order valence-corrected chi connectivity index (χ2v) is 5.42. The van der Waals surface area contributed by atoms with Crippen LogP contribution in [-0.4, -0.2) is 48.0 Å². The number of halogens is 3. The topological polar surface area (TPSA) is 49.5 Å². The lowest BCUT2D eigenvalue weighted by molar-refractivity contribution is -0.186. The molecular formula is C12H23F3N2O. The van der Waals surface area contributed by atoms with Crippen molar-refractivity contribution >= 4 is 0 Å². The molecule has 0 spiro atoms. The van der Waals surface area contributed by atoms with Gasteiger partial charge in [-0.3, -0.25) is 4.90 Å². The minimum atomic E-state index is -4.10. The van der Waals surface area contributed by atoms with Gasteiger partial charge in [-0.1, -0.05) is 13.8 Å². The SMILES string of the molecule is CC(C)C(N)C(CO)N1CCC(C(F)(F)F)CC1. The Labute approximate surface area is 106 Å². The summed E-state index contributed by atoms with van der Waals surface area (Å²) in [7, 11) is 0. The van der Waals surface area contributed by atoms with Crippen LogP contribution < -0.4 is 5.73 Å². The number of hydrogen-bond donors (Lipinski definition) is 2. The highest BCUT2D eigenvalue weighted by atomic mass is 19.4. The molecule has 1 saturated heterocycles. The molecule has 0 aromatic rings. The summed E-state index contributed by atoms with van der Waals surface area (Å²) in [4.78, 5) is 1.90. The van der Waals surface area contributed by atoms with E-state index in [1.54, 1.807) is 0 Å². The molecule has 3 nitrogen and oxygen atoms in total. The van der Waals surface area contributed by atoms with Gasteiger partial charge in [-0.05, 0) is 31.8 Å². The van der Waals surface area contributed by atoms with E-state index in [1.807, 2.05) is 18.7 Å². The summed E-state index contributed by atoms with van der Waals surface area (Å²) in [5.41, 5.74) is 6.00. The second-order valence-electron chi connectivity index (χ2n) is 5.42. The molecule has 2 unspecified atom stereocenters. The summed E-state index contributed by atoms with van der Waals surface area (Å²) in [5, 5.41) is 9.38. The Morgan fingerprint density at radius 2 is 1.78 bits per heavy atom. The van der Waals surface area contributed by atoms with Crippen LogP contribution in [0.1, 0.15) is 26.7 Å². The number of likely N-dealkylation sites (tertiary alicyclic amines) is 1. The number of piperidine rings is 1. The molecule has 0 aliphatic carbocycles. The van der Waals surface area contributed by atoms with Crippen LogP contribution >= 0.6 is 0 Å². The van der Waals surface area contributed by atoms with Gasteiger partial charge in [0.2, 0.25) is 0 Å². The lowest BCUT2D eigenvalue weighted by Gasteiger charge is -2.40. The molecule has 0 aromatic heterocycles. The van der Waals surface area contributed by atoms with E-state index in [0.717, 1.165) is 0 Å². The molecule has 0 bridgehead atoms. The maximum absolute atomic E-state index is 12.5. The zero-order valence-corrected chi connectivity index (χ0v) is 11.0. The third-order valence-electron chi connectivity index (χ3n) is 3.86. The van der Waals surface area contributed by atoms with E-state index >= 15 is 0 Å². The van der Waals surface area contributed by atoms with Crippen molar-refractivity contribution in [1.29, 1.82) is 0 Å². The van der Waals surface area contributed by atoms with Gasteiger partial charge in [0, 0.05) is 12.1 Å². The summed E-state index contributed by atoms with van der Waals surface area (Å²) < 4.78 is 37.6. The highest BCUT2D eigenvalue weighted by molar-refractivity contribution is 4.87. The maximum Gasteiger partial charge on any atom is 0.391 e. The highest BCUT2D eigenvalue weighted by Crippen LogP contribution is 2.34. The Hall–Kier alpha value is -0.330. The normalized spacial score (nSPS) is 23.3. The van der Waals surface area contributed by atoms with Crippen LogP contribution in [-0.2, 0) is 0 Å². The Morgan fingerprint density at radius 1 is 1.28 bits per heavy atom. The van der Waals surface area contributed by atoms with Crippen LogP contribution in [0.4, 0.5) is 13.2 Å². The lowest BCUT2D eigenvalue weighted by atomic mass is 9.91. The highest BCUT2D eigenvalue weighted by Gasteiger charge is 2.42. The summed E-state index contributed by atoms with van der Waals surface area (Å²) in [5.74, 6) is -1.01. The first-order valence-corrected chi connectivity index (χ1v) is 6.44. The van der Waals surface area contributed by atoms with Crippen molar-refractivity contribution < 1.29 is 18.3 Å². The van der Waals surface area contributed by atoms with E-state index < -0.39 is 12.1 Å². The van der Waals surface area contributed by atoms with Gasteiger partial charge < -0.3 is 10.8 Å². The number of aliphatic hydroxyl groups excluding tert-OH is 1. The van der Waals surface area contributed by atoms with E-state index in [4.69, 9.17) is 5.73 Å². The molecule has 2 atom stereocenters. The maximum atomic E-state index is 12.5. The van der Waals surface area contributed by atoms with Crippen LogP contribution in [0.15, 0.2) is 0 Å². The molecule has 18 heavy (non-hydrogen) atoms. The van der Waals surface area contributed by atoms with Crippen LogP contribution in [0.3, 0.4) is 0 Å². The monoisotopic (exact) mass is 268 g/mol. The van der Waals surface area contributed by atoms with Crippen molar-refractivity contribution in [1.82, 2.24) is 4.90 Å². The van der Waals surface area contributed by atoms with Crippen molar-refractivity contribution in [3.63, 3.8) is 0 Å². The van der Waals surface area contributed by atoms with E-state index in [2.05, 4.69) is 0 Å². The summed E-state index contributed by atoms with van der Waals surface area (Å²) in [6.45, 7) is 4.52. The largest absolute Gasteiger partial charge is 0.395 e. The average molecular weight is 268 g/mol. The molecular weight excluding hydrogens is 245 g/mol. The first kappa shape index (κ1) is 15.7. The molecule has 1 aliphatic rings. The van der Waals surface area contributed by atoms with Crippen LogP contribution in [0.25, 0.3) is 0 Å². The van der Waals surface area contributed by atoms with Crippen LogP contribution in [0, 0.1) is 11.8 Å². The Kier molecular flexibility index (Phi) is 5.43. The second kappa shape index (κ2) is 6.21. The summed E-state index contributed by atoms with van der Waals surface area (Å²) in [6, 6.07) is -0.448. The molecule has 0 radical (unpaired) electrons. The lowest BCUT2D eigenvalue weighted by Crippen LogP contribution is -2.55. The van der Waals surface area contributed by atoms with E-state index in [9.17, 15) is 18.3 Å². The average Bonchev–Trinajstić information content (AvgIpc) is 2.29. The first-order chi connectivity index (χ1) is 8.27. The van der Waals surface area contributed by atoms with Gasteiger partial charge in [-0.25, -0.2) is 0 Å². The molecule has 1 heterocycles. The molecule has 0 aromatic carbocycles. The Bertz CT molecular complexity index is 250. The number of nitrogens with zero attached hydrogens (tertiary/aromatic N) is 1. The fourth-order valence-electron chi connectivity index (χ4n) is 2.48. The number of rotatable bonds is 4. The van der Waals surface area contributed by atoms with Crippen molar-refractivity contribution in [2.75, 3.05) is 19.7 Å². The number of nitrogens with two attached hydrogens (primary N) is 1.